The van der Waals surface area contributed by atoms with Crippen LogP contribution in [0.4, 0.5) is 0 Å². The molecule has 1 unspecified atom stereocenters. The Kier molecular flexibility index (Phi) is 3.53. The maximum Gasteiger partial charge on any atom is 0.357 e. The molecule has 0 saturated carbocycles. The Balaban J connectivity index is 1.98. The van der Waals surface area contributed by atoms with Crippen LogP contribution in [-0.4, -0.2) is 22.1 Å². The van der Waals surface area contributed by atoms with E-state index in [0.717, 1.165) is 28.2 Å². The van der Waals surface area contributed by atoms with E-state index in [-0.39, 0.29) is 12.0 Å². The van der Waals surface area contributed by atoms with Gasteiger partial charge in [-0.15, -0.1) is 0 Å². The van der Waals surface area contributed by atoms with Crippen LogP contribution >= 0.6 is 0 Å². The molecule has 1 atom stereocenters. The number of hydrogen-bond acceptors (Lipinski definition) is 2. The lowest BCUT2D eigenvalue weighted by Crippen LogP contribution is -2.16. The van der Waals surface area contributed by atoms with E-state index in [2.05, 4.69) is 48.5 Å². The number of H-pyrrole nitrogens is 1. The Bertz CT molecular complexity index is 988. The van der Waals surface area contributed by atoms with Crippen LogP contribution in [-0.2, 0) is 4.74 Å². The van der Waals surface area contributed by atoms with E-state index in [9.17, 15) is 4.79 Å². The SMILES string of the molecule is CCOC(=O)c1c2[nH]c3ccc(C)cc3c2cn1C1C=CC=CC1. The molecule has 1 aliphatic rings. The van der Waals surface area contributed by atoms with Crippen LogP contribution in [0.3, 0.4) is 0 Å². The smallest absolute Gasteiger partial charge is 0.357 e. The zero-order chi connectivity index (χ0) is 16.7. The summed E-state index contributed by atoms with van der Waals surface area (Å²) in [5, 5.41) is 2.21. The number of allylic oxidation sites excluding steroid dienone is 4. The van der Waals surface area contributed by atoms with Gasteiger partial charge in [0.15, 0.2) is 5.69 Å². The second-order valence-corrected chi connectivity index (χ2v) is 6.18. The first kappa shape index (κ1) is 14.8. The average molecular weight is 320 g/mol. The van der Waals surface area contributed by atoms with Gasteiger partial charge < -0.3 is 14.3 Å². The van der Waals surface area contributed by atoms with Crippen LogP contribution in [0, 0.1) is 6.92 Å². The fourth-order valence-corrected chi connectivity index (χ4v) is 3.42. The second-order valence-electron chi connectivity index (χ2n) is 6.18. The maximum atomic E-state index is 12.6. The van der Waals surface area contributed by atoms with Crippen molar-refractivity contribution in [1.82, 2.24) is 9.55 Å². The Morgan fingerprint density at radius 3 is 2.96 bits per heavy atom. The first-order valence-corrected chi connectivity index (χ1v) is 8.32. The summed E-state index contributed by atoms with van der Waals surface area (Å²) in [4.78, 5) is 16.0. The molecule has 1 aliphatic carbocycles. The zero-order valence-corrected chi connectivity index (χ0v) is 13.9. The number of hydrogen-bond donors (Lipinski definition) is 1. The molecular weight excluding hydrogens is 300 g/mol. The number of aromatic amines is 1. The van der Waals surface area contributed by atoms with E-state index < -0.39 is 0 Å². The fourth-order valence-electron chi connectivity index (χ4n) is 3.42. The molecule has 24 heavy (non-hydrogen) atoms. The fraction of sp³-hybridized carbons (Fsp3) is 0.250. The number of aryl methyl sites for hydroxylation is 1. The number of esters is 1. The minimum atomic E-state index is -0.279. The van der Waals surface area contributed by atoms with E-state index in [0.29, 0.717) is 12.3 Å². The predicted octanol–water partition coefficient (Wildman–Crippen LogP) is 4.66. The molecule has 122 valence electrons. The highest BCUT2D eigenvalue weighted by Crippen LogP contribution is 2.33. The number of carbonyl (C=O) groups excluding carboxylic acids is 1. The van der Waals surface area contributed by atoms with Crippen molar-refractivity contribution >= 4 is 27.8 Å². The lowest BCUT2D eigenvalue weighted by atomic mass is 10.1. The average Bonchev–Trinajstić information content (AvgIpc) is 3.12. The summed E-state index contributed by atoms with van der Waals surface area (Å²) in [7, 11) is 0. The Labute approximate surface area is 140 Å². The standard InChI is InChI=1S/C20H20N2O2/c1-3-24-20(23)19-18-16(12-22(19)14-7-5-4-6-8-14)15-11-13(2)9-10-17(15)21-18/h4-7,9-12,14,21H,3,8H2,1-2H3. The van der Waals surface area contributed by atoms with Gasteiger partial charge in [-0.2, -0.15) is 0 Å². The van der Waals surface area contributed by atoms with Crippen molar-refractivity contribution in [2.24, 2.45) is 0 Å². The first-order valence-electron chi connectivity index (χ1n) is 8.32. The predicted molar refractivity (Wildman–Crippen MR) is 96.4 cm³/mol. The quantitative estimate of drug-likeness (QED) is 0.713. The summed E-state index contributed by atoms with van der Waals surface area (Å²) in [6, 6.07) is 6.43. The highest BCUT2D eigenvalue weighted by Gasteiger charge is 2.24. The topological polar surface area (TPSA) is 47.0 Å². The third kappa shape index (κ3) is 2.26. The molecule has 1 aromatic carbocycles. The Morgan fingerprint density at radius 1 is 1.33 bits per heavy atom. The summed E-state index contributed by atoms with van der Waals surface area (Å²) in [5.74, 6) is -0.279. The highest BCUT2D eigenvalue weighted by molar-refractivity contribution is 6.14. The number of nitrogens with one attached hydrogen (secondary N) is 1. The summed E-state index contributed by atoms with van der Waals surface area (Å²) in [5.41, 5.74) is 3.71. The lowest BCUT2D eigenvalue weighted by Gasteiger charge is -2.18. The van der Waals surface area contributed by atoms with Crippen molar-refractivity contribution in [3.05, 3.63) is 60.0 Å². The molecule has 0 radical (unpaired) electrons. The molecule has 0 fully saturated rings. The van der Waals surface area contributed by atoms with Crippen molar-refractivity contribution in [3.63, 3.8) is 0 Å². The number of carbonyl (C=O) groups is 1. The van der Waals surface area contributed by atoms with E-state index in [1.165, 1.54) is 5.56 Å². The van der Waals surface area contributed by atoms with Gasteiger partial charge in [0.1, 0.15) is 0 Å². The van der Waals surface area contributed by atoms with E-state index >= 15 is 0 Å². The monoisotopic (exact) mass is 320 g/mol. The zero-order valence-electron chi connectivity index (χ0n) is 13.9. The molecule has 0 saturated heterocycles. The van der Waals surface area contributed by atoms with Gasteiger partial charge in [-0.3, -0.25) is 0 Å². The molecular formula is C20H20N2O2. The van der Waals surface area contributed by atoms with Gasteiger partial charge in [-0.25, -0.2) is 4.79 Å². The summed E-state index contributed by atoms with van der Waals surface area (Å²) < 4.78 is 7.37. The number of ether oxygens (including phenoxy) is 1. The van der Waals surface area contributed by atoms with Crippen molar-refractivity contribution in [1.29, 1.82) is 0 Å². The number of fused-ring (bicyclic) bond motifs is 3. The van der Waals surface area contributed by atoms with Crippen molar-refractivity contribution in [2.45, 2.75) is 26.3 Å². The molecule has 1 N–H and O–H groups in total. The number of rotatable bonds is 3. The molecule has 4 rings (SSSR count). The van der Waals surface area contributed by atoms with Crippen LogP contribution in [0.25, 0.3) is 21.8 Å². The minimum Gasteiger partial charge on any atom is -0.461 e. The normalized spacial score (nSPS) is 17.0. The molecule has 4 nitrogen and oxygen atoms in total. The summed E-state index contributed by atoms with van der Waals surface area (Å²) in [6.07, 6.45) is 11.3. The van der Waals surface area contributed by atoms with Crippen LogP contribution in [0.1, 0.15) is 35.4 Å². The minimum absolute atomic E-state index is 0.134. The molecule has 0 amide bonds. The maximum absolute atomic E-state index is 12.6. The number of nitrogens with zero attached hydrogens (tertiary/aromatic N) is 1. The van der Waals surface area contributed by atoms with Gasteiger partial charge in [0.2, 0.25) is 0 Å². The number of aromatic nitrogens is 2. The van der Waals surface area contributed by atoms with Gasteiger partial charge in [-0.1, -0.05) is 35.9 Å². The third-order valence-corrected chi connectivity index (χ3v) is 4.54. The van der Waals surface area contributed by atoms with Crippen LogP contribution in [0.5, 0.6) is 0 Å². The van der Waals surface area contributed by atoms with Gasteiger partial charge in [0, 0.05) is 22.5 Å². The van der Waals surface area contributed by atoms with Gasteiger partial charge >= 0.3 is 5.97 Å². The molecule has 0 aliphatic heterocycles. The Morgan fingerprint density at radius 2 is 2.21 bits per heavy atom. The molecule has 0 bridgehead atoms. The molecule has 2 aromatic heterocycles. The van der Waals surface area contributed by atoms with E-state index in [1.54, 1.807) is 0 Å². The largest absolute Gasteiger partial charge is 0.461 e. The van der Waals surface area contributed by atoms with Gasteiger partial charge in [-0.05, 0) is 32.4 Å². The van der Waals surface area contributed by atoms with Crippen LogP contribution in [0.2, 0.25) is 0 Å². The Hall–Kier alpha value is -2.75. The summed E-state index contributed by atoms with van der Waals surface area (Å²) in [6.45, 7) is 4.28. The lowest BCUT2D eigenvalue weighted by molar-refractivity contribution is 0.0514. The van der Waals surface area contributed by atoms with Crippen molar-refractivity contribution in [2.75, 3.05) is 6.61 Å². The van der Waals surface area contributed by atoms with Crippen LogP contribution < -0.4 is 0 Å². The molecule has 0 spiro atoms. The number of benzene rings is 1. The van der Waals surface area contributed by atoms with E-state index in [4.69, 9.17) is 4.74 Å². The van der Waals surface area contributed by atoms with Gasteiger partial charge in [0.05, 0.1) is 18.2 Å². The summed E-state index contributed by atoms with van der Waals surface area (Å²) >= 11 is 0. The highest BCUT2D eigenvalue weighted by atomic mass is 16.5. The van der Waals surface area contributed by atoms with Crippen molar-refractivity contribution in [3.8, 4) is 0 Å². The van der Waals surface area contributed by atoms with Crippen molar-refractivity contribution < 1.29 is 9.53 Å². The van der Waals surface area contributed by atoms with Crippen LogP contribution in [0.15, 0.2) is 48.7 Å². The molecule has 4 heteroatoms. The second kappa shape index (κ2) is 5.71. The first-order chi connectivity index (χ1) is 11.7. The van der Waals surface area contributed by atoms with Gasteiger partial charge in [0.25, 0.3) is 0 Å². The molecule has 3 aromatic rings. The third-order valence-electron chi connectivity index (χ3n) is 4.54. The molecule has 2 heterocycles. The van der Waals surface area contributed by atoms with E-state index in [1.807, 2.05) is 23.6 Å².